The highest BCUT2D eigenvalue weighted by molar-refractivity contribution is 5.97. The topological polar surface area (TPSA) is 61.6 Å². The number of pyridine rings is 1. The van der Waals surface area contributed by atoms with Crippen LogP contribution in [0.5, 0.6) is 5.75 Å². The fourth-order valence-electron chi connectivity index (χ4n) is 4.52. The van der Waals surface area contributed by atoms with Crippen LogP contribution in [0.15, 0.2) is 48.7 Å². The van der Waals surface area contributed by atoms with Crippen molar-refractivity contribution in [2.75, 3.05) is 55.8 Å². The minimum absolute atomic E-state index is 0.206. The van der Waals surface area contributed by atoms with Gasteiger partial charge in [0.05, 0.1) is 30.2 Å². The maximum absolute atomic E-state index is 14.2. The molecule has 0 N–H and O–H groups in total. The third-order valence-corrected chi connectivity index (χ3v) is 6.24. The molecule has 32 heavy (non-hydrogen) atoms. The number of fused-ring (bicyclic) bond motifs is 1. The zero-order chi connectivity index (χ0) is 21.9. The molecule has 2 aliphatic heterocycles. The number of piperazine rings is 1. The monoisotopic (exact) mass is 432 g/mol. The Balaban J connectivity index is 1.41. The summed E-state index contributed by atoms with van der Waals surface area (Å²) < 4.78 is 25.8. The number of hydrogen-bond acceptors (Lipinski definition) is 6. The van der Waals surface area contributed by atoms with Crippen LogP contribution in [0.4, 0.5) is 15.8 Å². The van der Waals surface area contributed by atoms with Crippen LogP contribution in [-0.2, 0) is 4.74 Å². The molecule has 1 unspecified atom stereocenters. The molecule has 5 rings (SSSR count). The molecule has 0 amide bonds. The number of hydrogen-bond donors (Lipinski definition) is 0. The summed E-state index contributed by atoms with van der Waals surface area (Å²) in [4.78, 5) is 8.82. The molecule has 0 radical (unpaired) electrons. The number of rotatable bonds is 5. The standard InChI is InChI=1S/C25H25FN4O2/c26-21-5-1-2-6-22(21)29-9-11-30(12-10-29)25-19(14-27)15-28-24-20(25)4-3-7-23(24)32-17-18-8-13-31-16-18/h1-7,15,18H,8-13,16-17H2. The van der Waals surface area contributed by atoms with E-state index in [2.05, 4.69) is 20.9 Å². The van der Waals surface area contributed by atoms with Crippen molar-refractivity contribution in [3.63, 3.8) is 0 Å². The first-order chi connectivity index (χ1) is 15.7. The Morgan fingerprint density at radius 3 is 2.66 bits per heavy atom. The SMILES string of the molecule is N#Cc1cnc2c(OCC3CCOC3)cccc2c1N1CCN(c2ccccc2F)CC1. The summed E-state index contributed by atoms with van der Waals surface area (Å²) in [5, 5.41) is 10.7. The van der Waals surface area contributed by atoms with E-state index in [1.807, 2.05) is 30.3 Å². The van der Waals surface area contributed by atoms with Crippen molar-refractivity contribution >= 4 is 22.3 Å². The Labute approximate surface area is 186 Å². The third kappa shape index (κ3) is 3.94. The molecular formula is C25H25FN4O2. The Morgan fingerprint density at radius 2 is 1.91 bits per heavy atom. The summed E-state index contributed by atoms with van der Waals surface area (Å²) in [5.74, 6) is 0.919. The van der Waals surface area contributed by atoms with Crippen molar-refractivity contribution in [2.24, 2.45) is 5.92 Å². The van der Waals surface area contributed by atoms with Gasteiger partial charge in [0.25, 0.3) is 0 Å². The lowest BCUT2D eigenvalue weighted by Crippen LogP contribution is -2.47. The van der Waals surface area contributed by atoms with E-state index < -0.39 is 0 Å². The van der Waals surface area contributed by atoms with Crippen LogP contribution in [0.2, 0.25) is 0 Å². The summed E-state index contributed by atoms with van der Waals surface area (Å²) in [5.41, 5.74) is 2.80. The van der Waals surface area contributed by atoms with E-state index in [0.29, 0.717) is 50.0 Å². The molecule has 1 aromatic heterocycles. The lowest BCUT2D eigenvalue weighted by molar-refractivity contribution is 0.167. The van der Waals surface area contributed by atoms with Crippen molar-refractivity contribution in [2.45, 2.75) is 6.42 Å². The number of para-hydroxylation sites is 2. The highest BCUT2D eigenvalue weighted by Gasteiger charge is 2.24. The summed E-state index contributed by atoms with van der Waals surface area (Å²) in [6, 6.07) is 15.0. The number of nitriles is 1. The van der Waals surface area contributed by atoms with Gasteiger partial charge in [-0.2, -0.15) is 5.26 Å². The van der Waals surface area contributed by atoms with E-state index >= 15 is 0 Å². The van der Waals surface area contributed by atoms with Crippen molar-refractivity contribution < 1.29 is 13.9 Å². The summed E-state index contributed by atoms with van der Waals surface area (Å²) >= 11 is 0. The zero-order valence-corrected chi connectivity index (χ0v) is 17.8. The number of aromatic nitrogens is 1. The van der Waals surface area contributed by atoms with Gasteiger partial charge in [-0.15, -0.1) is 0 Å². The van der Waals surface area contributed by atoms with Crippen LogP contribution in [0.3, 0.4) is 0 Å². The summed E-state index contributed by atoms with van der Waals surface area (Å²) in [6.07, 6.45) is 2.64. The molecule has 0 spiro atoms. The smallest absolute Gasteiger partial charge is 0.146 e. The molecule has 0 saturated carbocycles. The van der Waals surface area contributed by atoms with Gasteiger partial charge in [-0.05, 0) is 24.6 Å². The second-order valence-corrected chi connectivity index (χ2v) is 8.25. The van der Waals surface area contributed by atoms with E-state index in [0.717, 1.165) is 42.0 Å². The van der Waals surface area contributed by atoms with Gasteiger partial charge in [-0.1, -0.05) is 24.3 Å². The summed E-state index contributed by atoms with van der Waals surface area (Å²) in [6.45, 7) is 4.84. The second kappa shape index (κ2) is 9.01. The largest absolute Gasteiger partial charge is 0.491 e. The Bertz CT molecular complexity index is 1150. The van der Waals surface area contributed by atoms with E-state index in [1.165, 1.54) is 6.07 Å². The molecule has 3 aromatic rings. The molecule has 3 heterocycles. The van der Waals surface area contributed by atoms with Gasteiger partial charge in [0.2, 0.25) is 0 Å². The number of nitrogens with zero attached hydrogens (tertiary/aromatic N) is 4. The number of halogens is 1. The highest BCUT2D eigenvalue weighted by Crippen LogP contribution is 2.35. The Hall–Kier alpha value is -3.37. The predicted molar refractivity (Wildman–Crippen MR) is 122 cm³/mol. The number of benzene rings is 2. The first-order valence-corrected chi connectivity index (χ1v) is 11.0. The van der Waals surface area contributed by atoms with Gasteiger partial charge in [0, 0.05) is 50.3 Å². The van der Waals surface area contributed by atoms with Crippen LogP contribution >= 0.6 is 0 Å². The van der Waals surface area contributed by atoms with Crippen molar-refractivity contribution in [3.05, 3.63) is 60.0 Å². The summed E-state index contributed by atoms with van der Waals surface area (Å²) in [7, 11) is 0. The van der Waals surface area contributed by atoms with Gasteiger partial charge in [0.15, 0.2) is 0 Å². The van der Waals surface area contributed by atoms with E-state index in [1.54, 1.807) is 12.3 Å². The molecule has 2 saturated heterocycles. The second-order valence-electron chi connectivity index (χ2n) is 8.25. The molecule has 7 heteroatoms. The van der Waals surface area contributed by atoms with E-state index in [9.17, 15) is 9.65 Å². The third-order valence-electron chi connectivity index (χ3n) is 6.24. The fourth-order valence-corrected chi connectivity index (χ4v) is 4.52. The number of ether oxygens (including phenoxy) is 2. The lowest BCUT2D eigenvalue weighted by Gasteiger charge is -2.38. The van der Waals surface area contributed by atoms with Crippen molar-refractivity contribution in [3.8, 4) is 11.8 Å². The lowest BCUT2D eigenvalue weighted by atomic mass is 10.1. The minimum Gasteiger partial charge on any atom is -0.491 e. The first kappa shape index (κ1) is 20.5. The van der Waals surface area contributed by atoms with Gasteiger partial charge >= 0.3 is 0 Å². The molecule has 2 aromatic carbocycles. The van der Waals surface area contributed by atoms with E-state index in [-0.39, 0.29) is 5.82 Å². The zero-order valence-electron chi connectivity index (χ0n) is 17.8. The van der Waals surface area contributed by atoms with Gasteiger partial charge < -0.3 is 19.3 Å². The molecule has 0 bridgehead atoms. The maximum Gasteiger partial charge on any atom is 0.146 e. The first-order valence-electron chi connectivity index (χ1n) is 11.0. The molecule has 0 aliphatic carbocycles. The van der Waals surface area contributed by atoms with Crippen LogP contribution < -0.4 is 14.5 Å². The Kier molecular flexibility index (Phi) is 5.78. The predicted octanol–water partition coefficient (Wildman–Crippen LogP) is 3.99. The van der Waals surface area contributed by atoms with Crippen molar-refractivity contribution in [1.82, 2.24) is 4.98 Å². The van der Waals surface area contributed by atoms with Crippen LogP contribution in [0, 0.1) is 23.1 Å². The quantitative estimate of drug-likeness (QED) is 0.608. The van der Waals surface area contributed by atoms with Gasteiger partial charge in [-0.3, -0.25) is 4.98 Å². The van der Waals surface area contributed by atoms with Crippen molar-refractivity contribution in [1.29, 1.82) is 5.26 Å². The fraction of sp³-hybridized carbons (Fsp3) is 0.360. The van der Waals surface area contributed by atoms with Gasteiger partial charge in [0.1, 0.15) is 23.2 Å². The molecule has 164 valence electrons. The minimum atomic E-state index is -0.206. The normalized spacial score (nSPS) is 18.7. The maximum atomic E-state index is 14.2. The molecular weight excluding hydrogens is 407 g/mol. The van der Waals surface area contributed by atoms with Crippen LogP contribution in [-0.4, -0.2) is 51.0 Å². The average molecular weight is 432 g/mol. The van der Waals surface area contributed by atoms with Crippen LogP contribution in [0.25, 0.3) is 10.9 Å². The molecule has 1 atom stereocenters. The van der Waals surface area contributed by atoms with E-state index in [4.69, 9.17) is 9.47 Å². The molecule has 2 aliphatic rings. The number of anilines is 2. The average Bonchev–Trinajstić information content (AvgIpc) is 3.36. The molecule has 6 nitrogen and oxygen atoms in total. The Morgan fingerprint density at radius 1 is 1.09 bits per heavy atom. The van der Waals surface area contributed by atoms with Gasteiger partial charge in [-0.25, -0.2) is 4.39 Å². The highest BCUT2D eigenvalue weighted by atomic mass is 19.1. The van der Waals surface area contributed by atoms with Crippen LogP contribution in [0.1, 0.15) is 12.0 Å². The molecule has 2 fully saturated rings.